The van der Waals surface area contributed by atoms with E-state index in [0.717, 1.165) is 0 Å². The summed E-state index contributed by atoms with van der Waals surface area (Å²) in [7, 11) is 0. The SMILES string of the molecule is CC(=N/C=C(\C)C(C)(C)C)C(C)(C)C(C)(C)C. The van der Waals surface area contributed by atoms with Gasteiger partial charge in [-0.3, -0.25) is 4.99 Å². The predicted octanol–water partition coefficient (Wildman–Crippen LogP) is 5.47. The van der Waals surface area contributed by atoms with E-state index >= 15 is 0 Å². The summed E-state index contributed by atoms with van der Waals surface area (Å²) in [5, 5.41) is 0. The van der Waals surface area contributed by atoms with Crippen LogP contribution in [0.2, 0.25) is 0 Å². The molecule has 0 aliphatic heterocycles. The molecule has 0 atom stereocenters. The van der Waals surface area contributed by atoms with Crippen molar-refractivity contribution in [2.45, 2.75) is 69.2 Å². The van der Waals surface area contributed by atoms with E-state index in [-0.39, 0.29) is 16.2 Å². The summed E-state index contributed by atoms with van der Waals surface area (Å²) < 4.78 is 0. The zero-order chi connectivity index (χ0) is 14.1. The van der Waals surface area contributed by atoms with Gasteiger partial charge in [-0.25, -0.2) is 0 Å². The van der Waals surface area contributed by atoms with Crippen molar-refractivity contribution in [3.63, 3.8) is 0 Å². The lowest BCUT2D eigenvalue weighted by Gasteiger charge is -2.38. The molecule has 0 rings (SSSR count). The first-order valence-corrected chi connectivity index (χ1v) is 6.52. The van der Waals surface area contributed by atoms with Crippen LogP contribution in [0.1, 0.15) is 69.2 Å². The first kappa shape index (κ1) is 16.4. The van der Waals surface area contributed by atoms with E-state index in [1.54, 1.807) is 0 Å². The zero-order valence-corrected chi connectivity index (χ0v) is 13.5. The first-order chi connectivity index (χ1) is 7.30. The number of hydrogen-bond acceptors (Lipinski definition) is 1. The summed E-state index contributed by atoms with van der Waals surface area (Å²) in [6, 6.07) is 0. The second kappa shape index (κ2) is 4.96. The van der Waals surface area contributed by atoms with Gasteiger partial charge < -0.3 is 0 Å². The van der Waals surface area contributed by atoms with Gasteiger partial charge >= 0.3 is 0 Å². The van der Waals surface area contributed by atoms with Crippen LogP contribution in [0.4, 0.5) is 0 Å². The van der Waals surface area contributed by atoms with E-state index in [1.165, 1.54) is 11.3 Å². The van der Waals surface area contributed by atoms with Crippen molar-refractivity contribution in [2.24, 2.45) is 21.2 Å². The summed E-state index contributed by atoms with van der Waals surface area (Å²) in [6.45, 7) is 22.3. The lowest BCUT2D eigenvalue weighted by atomic mass is 9.67. The van der Waals surface area contributed by atoms with E-state index in [2.05, 4.69) is 74.2 Å². The molecule has 0 saturated heterocycles. The molecule has 0 aromatic heterocycles. The lowest BCUT2D eigenvalue weighted by Crippen LogP contribution is -2.36. The van der Waals surface area contributed by atoms with Gasteiger partial charge in [0.2, 0.25) is 0 Å². The van der Waals surface area contributed by atoms with Gasteiger partial charge in [0, 0.05) is 17.3 Å². The standard InChI is InChI=1S/C16H31N/c1-12(14(3,4)5)11-17-13(2)16(9,10)15(6,7)8/h11H,1-10H3/b12-11+,17-13?. The fraction of sp³-hybridized carbons (Fsp3) is 0.812. The van der Waals surface area contributed by atoms with Crippen LogP contribution in [0.3, 0.4) is 0 Å². The highest BCUT2D eigenvalue weighted by atomic mass is 14.7. The third-order valence-electron chi connectivity index (χ3n) is 4.41. The minimum Gasteiger partial charge on any atom is -0.265 e. The van der Waals surface area contributed by atoms with Crippen LogP contribution < -0.4 is 0 Å². The van der Waals surface area contributed by atoms with Crippen molar-refractivity contribution in [1.29, 1.82) is 0 Å². The van der Waals surface area contributed by atoms with Gasteiger partial charge in [-0.1, -0.05) is 55.4 Å². The Morgan fingerprint density at radius 3 is 1.53 bits per heavy atom. The number of nitrogens with zero attached hydrogens (tertiary/aromatic N) is 1. The Morgan fingerprint density at radius 2 is 1.24 bits per heavy atom. The Kier molecular flexibility index (Phi) is 4.78. The smallest absolute Gasteiger partial charge is 0.0261 e. The maximum absolute atomic E-state index is 4.68. The number of aliphatic imine (C=N–C) groups is 1. The molecule has 0 aliphatic carbocycles. The molecule has 1 nitrogen and oxygen atoms in total. The average Bonchev–Trinajstić information content (AvgIpc) is 2.09. The quantitative estimate of drug-likeness (QED) is 0.565. The topological polar surface area (TPSA) is 12.4 Å². The molecule has 17 heavy (non-hydrogen) atoms. The van der Waals surface area contributed by atoms with E-state index in [1.807, 2.05) is 6.20 Å². The molecule has 0 aromatic carbocycles. The molecule has 0 saturated carbocycles. The normalized spacial score (nSPS) is 16.4. The van der Waals surface area contributed by atoms with Crippen molar-refractivity contribution >= 4 is 5.71 Å². The molecule has 0 aromatic rings. The van der Waals surface area contributed by atoms with E-state index < -0.39 is 0 Å². The van der Waals surface area contributed by atoms with Gasteiger partial charge in [0.15, 0.2) is 0 Å². The average molecular weight is 237 g/mol. The van der Waals surface area contributed by atoms with Crippen LogP contribution >= 0.6 is 0 Å². The van der Waals surface area contributed by atoms with Gasteiger partial charge in [0.25, 0.3) is 0 Å². The van der Waals surface area contributed by atoms with Gasteiger partial charge in [-0.05, 0) is 30.3 Å². The molecular weight excluding hydrogens is 206 g/mol. The van der Waals surface area contributed by atoms with Gasteiger partial charge in [0.05, 0.1) is 0 Å². The van der Waals surface area contributed by atoms with Crippen molar-refractivity contribution < 1.29 is 0 Å². The predicted molar refractivity (Wildman–Crippen MR) is 79.6 cm³/mol. The van der Waals surface area contributed by atoms with Crippen molar-refractivity contribution in [2.75, 3.05) is 0 Å². The number of rotatable bonds is 2. The first-order valence-electron chi connectivity index (χ1n) is 6.52. The van der Waals surface area contributed by atoms with Crippen LogP contribution in [-0.2, 0) is 0 Å². The molecule has 0 aliphatic rings. The highest BCUT2D eigenvalue weighted by molar-refractivity contribution is 5.88. The Morgan fingerprint density at radius 1 is 0.824 bits per heavy atom. The fourth-order valence-corrected chi connectivity index (χ4v) is 1.09. The van der Waals surface area contributed by atoms with Crippen molar-refractivity contribution in [1.82, 2.24) is 0 Å². The summed E-state index contributed by atoms with van der Waals surface area (Å²) in [4.78, 5) is 4.68. The van der Waals surface area contributed by atoms with Gasteiger partial charge in [-0.15, -0.1) is 0 Å². The molecule has 0 fully saturated rings. The highest BCUT2D eigenvalue weighted by Gasteiger charge is 2.35. The monoisotopic (exact) mass is 237 g/mol. The molecule has 100 valence electrons. The van der Waals surface area contributed by atoms with E-state index in [9.17, 15) is 0 Å². The van der Waals surface area contributed by atoms with Crippen LogP contribution in [-0.4, -0.2) is 5.71 Å². The largest absolute Gasteiger partial charge is 0.265 e. The molecule has 0 heterocycles. The lowest BCUT2D eigenvalue weighted by molar-refractivity contribution is 0.215. The van der Waals surface area contributed by atoms with Crippen molar-refractivity contribution in [3.05, 3.63) is 11.8 Å². The Hall–Kier alpha value is -0.590. The third-order valence-corrected chi connectivity index (χ3v) is 4.41. The van der Waals surface area contributed by atoms with Crippen LogP contribution in [0.25, 0.3) is 0 Å². The molecule has 0 amide bonds. The summed E-state index contributed by atoms with van der Waals surface area (Å²) in [5.41, 5.74) is 3.07. The molecule has 0 spiro atoms. The van der Waals surface area contributed by atoms with Crippen LogP contribution in [0, 0.1) is 16.2 Å². The Balaban J connectivity index is 5.15. The molecule has 0 bridgehead atoms. The second-order valence-electron chi connectivity index (χ2n) is 7.65. The highest BCUT2D eigenvalue weighted by Crippen LogP contribution is 2.39. The Labute approximate surface area is 108 Å². The summed E-state index contributed by atoms with van der Waals surface area (Å²) >= 11 is 0. The van der Waals surface area contributed by atoms with Crippen molar-refractivity contribution in [3.8, 4) is 0 Å². The molecule has 0 radical (unpaired) electrons. The van der Waals surface area contributed by atoms with Gasteiger partial charge in [-0.2, -0.15) is 0 Å². The molecular formula is C16H31N. The maximum atomic E-state index is 4.68. The number of allylic oxidation sites excluding steroid dienone is 1. The number of hydrogen-bond donors (Lipinski definition) is 0. The maximum Gasteiger partial charge on any atom is 0.0261 e. The van der Waals surface area contributed by atoms with Crippen LogP contribution in [0.5, 0.6) is 0 Å². The van der Waals surface area contributed by atoms with Crippen LogP contribution in [0.15, 0.2) is 16.8 Å². The molecule has 0 N–H and O–H groups in total. The molecule has 0 unspecified atom stereocenters. The zero-order valence-electron chi connectivity index (χ0n) is 13.5. The Bertz CT molecular complexity index is 316. The van der Waals surface area contributed by atoms with Gasteiger partial charge in [0.1, 0.15) is 0 Å². The molecule has 1 heteroatoms. The third kappa shape index (κ3) is 4.29. The fourth-order valence-electron chi connectivity index (χ4n) is 1.09. The minimum atomic E-state index is 0.113. The van der Waals surface area contributed by atoms with E-state index in [0.29, 0.717) is 0 Å². The summed E-state index contributed by atoms with van der Waals surface area (Å²) in [5.74, 6) is 0. The van der Waals surface area contributed by atoms with E-state index in [4.69, 9.17) is 0 Å². The minimum absolute atomic E-state index is 0.113. The summed E-state index contributed by atoms with van der Waals surface area (Å²) in [6.07, 6.45) is 2.03. The second-order valence-corrected chi connectivity index (χ2v) is 7.65.